The van der Waals surface area contributed by atoms with Crippen LogP contribution >= 0.6 is 0 Å². The SMILES string of the molecule is Cn1c(=O)c2c(c(=O)n1C)C(C)(C)NN2. The minimum Gasteiger partial charge on any atom is -0.315 e. The molecule has 0 spiro atoms. The molecule has 0 radical (unpaired) electrons. The van der Waals surface area contributed by atoms with Crippen molar-refractivity contribution in [3.8, 4) is 0 Å². The van der Waals surface area contributed by atoms with Gasteiger partial charge in [0.25, 0.3) is 11.1 Å². The molecule has 2 N–H and O–H groups in total. The van der Waals surface area contributed by atoms with Gasteiger partial charge in [0.2, 0.25) is 0 Å². The van der Waals surface area contributed by atoms with Crippen molar-refractivity contribution in [1.29, 1.82) is 0 Å². The highest BCUT2D eigenvalue weighted by Crippen LogP contribution is 2.26. The first-order valence-electron chi connectivity index (χ1n) is 4.70. The minimum atomic E-state index is -0.516. The third-order valence-corrected chi connectivity index (χ3v) is 2.84. The number of anilines is 1. The summed E-state index contributed by atoms with van der Waals surface area (Å²) in [6.07, 6.45) is 0. The van der Waals surface area contributed by atoms with Gasteiger partial charge in [0.15, 0.2) is 0 Å². The van der Waals surface area contributed by atoms with Crippen molar-refractivity contribution in [3.63, 3.8) is 0 Å². The number of hydrazine groups is 1. The van der Waals surface area contributed by atoms with E-state index in [0.29, 0.717) is 11.3 Å². The number of rotatable bonds is 0. The van der Waals surface area contributed by atoms with Crippen LogP contribution in [-0.2, 0) is 19.6 Å². The van der Waals surface area contributed by atoms with Crippen molar-refractivity contribution in [1.82, 2.24) is 14.8 Å². The Morgan fingerprint density at radius 1 is 1.07 bits per heavy atom. The van der Waals surface area contributed by atoms with Gasteiger partial charge in [-0.2, -0.15) is 0 Å². The van der Waals surface area contributed by atoms with Crippen LogP contribution < -0.4 is 22.0 Å². The molecule has 1 aromatic rings. The molecule has 6 heteroatoms. The van der Waals surface area contributed by atoms with Crippen molar-refractivity contribution >= 4 is 5.69 Å². The number of hydrogen-bond acceptors (Lipinski definition) is 4. The molecule has 6 nitrogen and oxygen atoms in total. The molecule has 82 valence electrons. The van der Waals surface area contributed by atoms with Gasteiger partial charge in [-0.15, -0.1) is 0 Å². The van der Waals surface area contributed by atoms with Crippen LogP contribution in [0.25, 0.3) is 0 Å². The first-order valence-corrected chi connectivity index (χ1v) is 4.70. The predicted octanol–water partition coefficient (Wildman–Crippen LogP) is -0.751. The van der Waals surface area contributed by atoms with E-state index in [2.05, 4.69) is 10.9 Å². The van der Waals surface area contributed by atoms with E-state index in [1.165, 1.54) is 9.36 Å². The summed E-state index contributed by atoms with van der Waals surface area (Å²) in [4.78, 5) is 23.8. The number of fused-ring (bicyclic) bond motifs is 1. The lowest BCUT2D eigenvalue weighted by molar-refractivity contribution is 0.452. The fourth-order valence-electron chi connectivity index (χ4n) is 1.79. The van der Waals surface area contributed by atoms with Gasteiger partial charge in [0.05, 0.1) is 11.1 Å². The molecule has 0 atom stereocenters. The maximum atomic E-state index is 12.0. The third kappa shape index (κ3) is 1.14. The Hall–Kier alpha value is -1.56. The summed E-state index contributed by atoms with van der Waals surface area (Å²) in [5.74, 6) is 0. The molecule has 1 aliphatic heterocycles. The maximum Gasteiger partial charge on any atom is 0.290 e. The Morgan fingerprint density at radius 3 is 2.20 bits per heavy atom. The summed E-state index contributed by atoms with van der Waals surface area (Å²) >= 11 is 0. The number of nitrogens with zero attached hydrogens (tertiary/aromatic N) is 2. The smallest absolute Gasteiger partial charge is 0.290 e. The fourth-order valence-corrected chi connectivity index (χ4v) is 1.79. The van der Waals surface area contributed by atoms with Crippen LogP contribution in [-0.4, -0.2) is 9.36 Å². The zero-order chi connectivity index (χ0) is 11.4. The molecular formula is C9H14N4O2. The molecule has 1 aromatic heterocycles. The molecule has 0 bridgehead atoms. The topological polar surface area (TPSA) is 68.1 Å². The van der Waals surface area contributed by atoms with E-state index in [4.69, 9.17) is 0 Å². The molecule has 1 aliphatic rings. The van der Waals surface area contributed by atoms with Crippen LogP contribution in [0.1, 0.15) is 19.4 Å². The predicted molar refractivity (Wildman–Crippen MR) is 56.7 cm³/mol. The van der Waals surface area contributed by atoms with Crippen molar-refractivity contribution in [3.05, 3.63) is 26.3 Å². The first kappa shape index (κ1) is 9.97. The van der Waals surface area contributed by atoms with Gasteiger partial charge >= 0.3 is 0 Å². The normalized spacial score (nSPS) is 17.3. The summed E-state index contributed by atoms with van der Waals surface area (Å²) in [5, 5.41) is 0. The summed E-state index contributed by atoms with van der Waals surface area (Å²) in [7, 11) is 3.15. The highest BCUT2D eigenvalue weighted by molar-refractivity contribution is 5.55. The van der Waals surface area contributed by atoms with E-state index in [1.807, 2.05) is 13.8 Å². The van der Waals surface area contributed by atoms with Crippen LogP contribution in [0.4, 0.5) is 5.69 Å². The van der Waals surface area contributed by atoms with Gasteiger partial charge in [-0.25, -0.2) is 10.1 Å². The second kappa shape index (κ2) is 2.73. The largest absolute Gasteiger partial charge is 0.315 e. The van der Waals surface area contributed by atoms with E-state index in [0.717, 1.165) is 0 Å². The lowest BCUT2D eigenvalue weighted by Gasteiger charge is -2.17. The van der Waals surface area contributed by atoms with Gasteiger partial charge in [-0.05, 0) is 13.8 Å². The standard InChI is InChI=1S/C9H14N4O2/c1-9(2)5-6(10-11-9)8(15)13(4)12(3)7(5)14/h10-11H,1-4H3. The van der Waals surface area contributed by atoms with Gasteiger partial charge in [-0.3, -0.25) is 14.3 Å². The van der Waals surface area contributed by atoms with Crippen molar-refractivity contribution in [2.24, 2.45) is 14.1 Å². The number of aromatic nitrogens is 2. The second-order valence-corrected chi connectivity index (χ2v) is 4.28. The third-order valence-electron chi connectivity index (χ3n) is 2.84. The Labute approximate surface area is 86.5 Å². The van der Waals surface area contributed by atoms with Crippen molar-refractivity contribution < 1.29 is 0 Å². The quantitative estimate of drug-likeness (QED) is 0.591. The first-order chi connectivity index (χ1) is 6.86. The molecule has 0 aliphatic carbocycles. The van der Waals surface area contributed by atoms with Crippen LogP contribution in [0.3, 0.4) is 0 Å². The van der Waals surface area contributed by atoms with Crippen LogP contribution in [0.15, 0.2) is 9.59 Å². The molecule has 0 saturated heterocycles. The molecule has 2 heterocycles. The van der Waals surface area contributed by atoms with Crippen molar-refractivity contribution in [2.45, 2.75) is 19.4 Å². The molecule has 0 unspecified atom stereocenters. The maximum absolute atomic E-state index is 12.0. The average Bonchev–Trinajstić information content (AvgIpc) is 2.48. The number of nitrogens with one attached hydrogen (secondary N) is 2. The number of hydrogen-bond donors (Lipinski definition) is 2. The summed E-state index contributed by atoms with van der Waals surface area (Å²) < 4.78 is 2.61. The molecule has 0 aromatic carbocycles. The second-order valence-electron chi connectivity index (χ2n) is 4.28. The summed E-state index contributed by atoms with van der Waals surface area (Å²) in [6.45, 7) is 3.71. The lowest BCUT2D eigenvalue weighted by atomic mass is 9.97. The van der Waals surface area contributed by atoms with Gasteiger partial charge in [-0.1, -0.05) is 0 Å². The van der Waals surface area contributed by atoms with E-state index in [-0.39, 0.29) is 11.1 Å². The Balaban J connectivity index is 2.95. The van der Waals surface area contributed by atoms with Gasteiger partial charge < -0.3 is 5.43 Å². The van der Waals surface area contributed by atoms with E-state index in [1.54, 1.807) is 14.1 Å². The molecule has 15 heavy (non-hydrogen) atoms. The van der Waals surface area contributed by atoms with E-state index in [9.17, 15) is 9.59 Å². The van der Waals surface area contributed by atoms with Gasteiger partial charge in [0, 0.05) is 14.1 Å². The molecule has 0 fully saturated rings. The summed E-state index contributed by atoms with van der Waals surface area (Å²) in [6, 6.07) is 0. The average molecular weight is 210 g/mol. The molecule has 2 rings (SSSR count). The molecule has 0 saturated carbocycles. The van der Waals surface area contributed by atoms with Crippen molar-refractivity contribution in [2.75, 3.05) is 5.43 Å². The Bertz CT molecular complexity index is 538. The van der Waals surface area contributed by atoms with Gasteiger partial charge in [0.1, 0.15) is 5.69 Å². The highest BCUT2D eigenvalue weighted by Gasteiger charge is 2.35. The molecule has 0 amide bonds. The van der Waals surface area contributed by atoms with E-state index >= 15 is 0 Å². The molecular weight excluding hydrogens is 196 g/mol. The fraction of sp³-hybridized carbons (Fsp3) is 0.556. The monoisotopic (exact) mass is 210 g/mol. The zero-order valence-corrected chi connectivity index (χ0v) is 9.21. The lowest BCUT2D eigenvalue weighted by Crippen LogP contribution is -2.41. The van der Waals surface area contributed by atoms with Crippen LogP contribution in [0.2, 0.25) is 0 Å². The highest BCUT2D eigenvalue weighted by atomic mass is 16.2. The van der Waals surface area contributed by atoms with Crippen LogP contribution in [0.5, 0.6) is 0 Å². The van der Waals surface area contributed by atoms with E-state index < -0.39 is 5.54 Å². The minimum absolute atomic E-state index is 0.158. The zero-order valence-electron chi connectivity index (χ0n) is 9.21. The van der Waals surface area contributed by atoms with Crippen LogP contribution in [0, 0.1) is 0 Å². The Morgan fingerprint density at radius 2 is 1.60 bits per heavy atom. The Kier molecular flexibility index (Phi) is 1.81. The summed E-state index contributed by atoms with van der Waals surface area (Å²) in [5.41, 5.74) is 5.66.